The first kappa shape index (κ1) is 15.0. The molecule has 1 unspecified atom stereocenters. The van der Waals surface area contributed by atoms with Gasteiger partial charge in [-0.25, -0.2) is 4.98 Å². The molecule has 0 radical (unpaired) electrons. The SMILES string of the molecule is CC(C)(C)NCC1CCCCN1Cc1cncn1C1CC1. The third-order valence-electron chi connectivity index (χ3n) is 4.67. The van der Waals surface area contributed by atoms with Crippen LogP contribution >= 0.6 is 0 Å². The number of aromatic nitrogens is 2. The maximum atomic E-state index is 4.38. The number of nitrogens with zero attached hydrogens (tertiary/aromatic N) is 3. The fourth-order valence-corrected chi connectivity index (χ4v) is 3.27. The molecule has 1 aromatic heterocycles. The zero-order valence-corrected chi connectivity index (χ0v) is 13.8. The van der Waals surface area contributed by atoms with E-state index in [2.05, 4.69) is 46.7 Å². The Balaban J connectivity index is 1.62. The van der Waals surface area contributed by atoms with Gasteiger partial charge in [0.15, 0.2) is 0 Å². The summed E-state index contributed by atoms with van der Waals surface area (Å²) in [5.41, 5.74) is 1.61. The summed E-state index contributed by atoms with van der Waals surface area (Å²) in [6.07, 6.45) is 10.8. The second kappa shape index (κ2) is 6.09. The largest absolute Gasteiger partial charge is 0.330 e. The molecule has 21 heavy (non-hydrogen) atoms. The Labute approximate surface area is 128 Å². The molecule has 1 aliphatic carbocycles. The predicted molar refractivity (Wildman–Crippen MR) is 86.3 cm³/mol. The lowest BCUT2D eigenvalue weighted by molar-refractivity contribution is 0.128. The van der Waals surface area contributed by atoms with E-state index in [4.69, 9.17) is 0 Å². The molecule has 0 amide bonds. The number of likely N-dealkylation sites (tertiary alicyclic amines) is 1. The summed E-state index contributed by atoms with van der Waals surface area (Å²) >= 11 is 0. The van der Waals surface area contributed by atoms with Gasteiger partial charge in [-0.2, -0.15) is 0 Å². The van der Waals surface area contributed by atoms with Crippen LogP contribution in [0.4, 0.5) is 0 Å². The molecule has 2 heterocycles. The van der Waals surface area contributed by atoms with Crippen molar-refractivity contribution in [2.45, 2.75) is 77.0 Å². The number of imidazole rings is 1. The monoisotopic (exact) mass is 290 g/mol. The van der Waals surface area contributed by atoms with Gasteiger partial charge in [-0.3, -0.25) is 4.90 Å². The Morgan fingerprint density at radius 2 is 2.05 bits per heavy atom. The number of nitrogens with one attached hydrogen (secondary N) is 1. The van der Waals surface area contributed by atoms with Crippen LogP contribution in [0.1, 0.15) is 64.6 Å². The van der Waals surface area contributed by atoms with Gasteiger partial charge in [-0.15, -0.1) is 0 Å². The van der Waals surface area contributed by atoms with E-state index in [0.29, 0.717) is 6.04 Å². The van der Waals surface area contributed by atoms with Crippen LogP contribution in [-0.4, -0.2) is 39.1 Å². The summed E-state index contributed by atoms with van der Waals surface area (Å²) in [4.78, 5) is 7.04. The fraction of sp³-hybridized carbons (Fsp3) is 0.824. The summed E-state index contributed by atoms with van der Waals surface area (Å²) in [6.45, 7) is 10.1. The summed E-state index contributed by atoms with van der Waals surface area (Å²) in [5, 5.41) is 3.69. The van der Waals surface area contributed by atoms with Crippen molar-refractivity contribution in [1.82, 2.24) is 19.8 Å². The lowest BCUT2D eigenvalue weighted by Crippen LogP contribution is -2.49. The maximum absolute atomic E-state index is 4.38. The number of rotatable bonds is 5. The molecule has 1 atom stereocenters. The van der Waals surface area contributed by atoms with Gasteiger partial charge in [0.1, 0.15) is 0 Å². The van der Waals surface area contributed by atoms with Gasteiger partial charge < -0.3 is 9.88 Å². The molecule has 1 aliphatic heterocycles. The molecule has 1 aromatic rings. The van der Waals surface area contributed by atoms with Gasteiger partial charge in [0.2, 0.25) is 0 Å². The quantitative estimate of drug-likeness (QED) is 0.905. The van der Waals surface area contributed by atoms with Gasteiger partial charge in [-0.05, 0) is 53.0 Å². The summed E-state index contributed by atoms with van der Waals surface area (Å²) in [5.74, 6) is 0. The van der Waals surface area contributed by atoms with Crippen LogP contribution < -0.4 is 5.32 Å². The minimum atomic E-state index is 0.207. The highest BCUT2D eigenvalue weighted by molar-refractivity contribution is 5.04. The summed E-state index contributed by atoms with van der Waals surface area (Å²) < 4.78 is 2.41. The van der Waals surface area contributed by atoms with Crippen LogP contribution in [0.25, 0.3) is 0 Å². The molecular formula is C17H30N4. The van der Waals surface area contributed by atoms with Crippen molar-refractivity contribution in [3.05, 3.63) is 18.2 Å². The summed E-state index contributed by atoms with van der Waals surface area (Å²) in [6, 6.07) is 1.40. The van der Waals surface area contributed by atoms with E-state index in [-0.39, 0.29) is 5.54 Å². The zero-order chi connectivity index (χ0) is 14.9. The van der Waals surface area contributed by atoms with E-state index >= 15 is 0 Å². The van der Waals surface area contributed by atoms with Crippen LogP contribution in [0, 0.1) is 0 Å². The van der Waals surface area contributed by atoms with Crippen molar-refractivity contribution >= 4 is 0 Å². The maximum Gasteiger partial charge on any atom is 0.0951 e. The molecule has 4 heteroatoms. The van der Waals surface area contributed by atoms with E-state index in [1.807, 2.05) is 6.33 Å². The molecule has 1 saturated carbocycles. The van der Waals surface area contributed by atoms with Crippen LogP contribution in [0.3, 0.4) is 0 Å². The van der Waals surface area contributed by atoms with Gasteiger partial charge in [-0.1, -0.05) is 6.42 Å². The third-order valence-corrected chi connectivity index (χ3v) is 4.67. The van der Waals surface area contributed by atoms with E-state index in [1.54, 1.807) is 0 Å². The standard InChI is InChI=1S/C17H30N4/c1-17(2,3)19-11-15-6-4-5-9-20(15)12-16-10-18-13-21(16)14-7-8-14/h10,13-15,19H,4-9,11-12H2,1-3H3. The Kier molecular flexibility index (Phi) is 4.36. The topological polar surface area (TPSA) is 33.1 Å². The molecule has 0 spiro atoms. The molecule has 0 bridgehead atoms. The first-order chi connectivity index (χ1) is 10.0. The molecule has 3 rings (SSSR count). The van der Waals surface area contributed by atoms with E-state index < -0.39 is 0 Å². The molecular weight excluding hydrogens is 260 g/mol. The predicted octanol–water partition coefficient (Wildman–Crippen LogP) is 2.96. The van der Waals surface area contributed by atoms with Crippen molar-refractivity contribution in [2.24, 2.45) is 0 Å². The number of hydrogen-bond donors (Lipinski definition) is 1. The molecule has 0 aromatic carbocycles. The minimum Gasteiger partial charge on any atom is -0.330 e. The Morgan fingerprint density at radius 1 is 1.24 bits per heavy atom. The van der Waals surface area contributed by atoms with Crippen molar-refractivity contribution in [2.75, 3.05) is 13.1 Å². The van der Waals surface area contributed by atoms with Crippen molar-refractivity contribution < 1.29 is 0 Å². The second-order valence-corrected chi connectivity index (χ2v) is 7.77. The Hall–Kier alpha value is -0.870. The first-order valence-electron chi connectivity index (χ1n) is 8.53. The van der Waals surface area contributed by atoms with Gasteiger partial charge in [0, 0.05) is 36.9 Å². The smallest absolute Gasteiger partial charge is 0.0951 e. The number of hydrogen-bond acceptors (Lipinski definition) is 3. The lowest BCUT2D eigenvalue weighted by atomic mass is 10.00. The van der Waals surface area contributed by atoms with Crippen LogP contribution in [0.15, 0.2) is 12.5 Å². The highest BCUT2D eigenvalue weighted by atomic mass is 15.2. The first-order valence-corrected chi connectivity index (χ1v) is 8.53. The molecule has 2 fully saturated rings. The molecule has 1 N–H and O–H groups in total. The van der Waals surface area contributed by atoms with E-state index in [9.17, 15) is 0 Å². The highest BCUT2D eigenvalue weighted by Gasteiger charge is 2.28. The van der Waals surface area contributed by atoms with Crippen LogP contribution in [0.2, 0.25) is 0 Å². The molecule has 118 valence electrons. The minimum absolute atomic E-state index is 0.207. The third kappa shape index (κ3) is 4.07. The number of piperidine rings is 1. The van der Waals surface area contributed by atoms with Crippen LogP contribution in [-0.2, 0) is 6.54 Å². The molecule has 4 nitrogen and oxygen atoms in total. The Bertz CT molecular complexity index is 456. The highest BCUT2D eigenvalue weighted by Crippen LogP contribution is 2.36. The normalized spacial score (nSPS) is 24.4. The average Bonchev–Trinajstić information content (AvgIpc) is 3.17. The molecule has 2 aliphatic rings. The van der Waals surface area contributed by atoms with Crippen molar-refractivity contribution in [3.63, 3.8) is 0 Å². The Morgan fingerprint density at radius 3 is 2.76 bits per heavy atom. The fourth-order valence-electron chi connectivity index (χ4n) is 3.27. The van der Waals surface area contributed by atoms with Gasteiger partial charge in [0.05, 0.1) is 12.0 Å². The van der Waals surface area contributed by atoms with E-state index in [1.165, 1.54) is 44.3 Å². The summed E-state index contributed by atoms with van der Waals surface area (Å²) in [7, 11) is 0. The van der Waals surface area contributed by atoms with Gasteiger partial charge in [0.25, 0.3) is 0 Å². The van der Waals surface area contributed by atoms with Gasteiger partial charge >= 0.3 is 0 Å². The van der Waals surface area contributed by atoms with Crippen molar-refractivity contribution in [3.8, 4) is 0 Å². The van der Waals surface area contributed by atoms with Crippen LogP contribution in [0.5, 0.6) is 0 Å². The average molecular weight is 290 g/mol. The zero-order valence-electron chi connectivity index (χ0n) is 13.8. The van der Waals surface area contributed by atoms with Crippen molar-refractivity contribution in [1.29, 1.82) is 0 Å². The lowest BCUT2D eigenvalue weighted by Gasteiger charge is -2.37. The van der Waals surface area contributed by atoms with E-state index in [0.717, 1.165) is 19.1 Å². The molecule has 1 saturated heterocycles. The second-order valence-electron chi connectivity index (χ2n) is 7.77.